The van der Waals surface area contributed by atoms with E-state index < -0.39 is 10.0 Å². The molecule has 160 valence electrons. The maximum atomic E-state index is 12.9. The smallest absolute Gasteiger partial charge is 0.243 e. The van der Waals surface area contributed by atoms with E-state index in [0.717, 1.165) is 50.6 Å². The number of likely N-dealkylation sites (tertiary alicyclic amines) is 1. The fourth-order valence-corrected chi connectivity index (χ4v) is 6.09. The monoisotopic (exact) mass is 426 g/mol. The lowest BCUT2D eigenvalue weighted by Crippen LogP contribution is -2.37. The Morgan fingerprint density at radius 2 is 1.53 bits per heavy atom. The van der Waals surface area contributed by atoms with Crippen LogP contribution < -0.4 is 0 Å². The topological polar surface area (TPSA) is 57.7 Å². The highest BCUT2D eigenvalue weighted by Crippen LogP contribution is 2.24. The van der Waals surface area contributed by atoms with E-state index >= 15 is 0 Å². The number of benzene rings is 2. The minimum absolute atomic E-state index is 0.125. The summed E-state index contributed by atoms with van der Waals surface area (Å²) in [4.78, 5) is 15.3. The molecule has 1 atom stereocenters. The third-order valence-electron chi connectivity index (χ3n) is 6.24. The van der Waals surface area contributed by atoms with Crippen LogP contribution in [0, 0.1) is 0 Å². The second-order valence-electron chi connectivity index (χ2n) is 8.36. The summed E-state index contributed by atoms with van der Waals surface area (Å²) in [6, 6.07) is 17.4. The van der Waals surface area contributed by atoms with Gasteiger partial charge in [0.05, 0.1) is 11.3 Å². The molecule has 1 amide bonds. The summed E-state index contributed by atoms with van der Waals surface area (Å²) < 4.78 is 27.2. The Kier molecular flexibility index (Phi) is 6.54. The molecule has 2 aliphatic rings. The Bertz CT molecular complexity index is 952. The summed E-state index contributed by atoms with van der Waals surface area (Å²) in [5.41, 5.74) is 2.12. The fraction of sp³-hybridized carbons (Fsp3) is 0.458. The van der Waals surface area contributed by atoms with Crippen molar-refractivity contribution in [3.63, 3.8) is 0 Å². The number of rotatable bonds is 6. The van der Waals surface area contributed by atoms with Crippen molar-refractivity contribution in [2.75, 3.05) is 19.6 Å². The molecule has 30 heavy (non-hydrogen) atoms. The van der Waals surface area contributed by atoms with E-state index in [1.54, 1.807) is 28.6 Å². The second kappa shape index (κ2) is 9.31. The normalized spacial score (nSPS) is 20.4. The van der Waals surface area contributed by atoms with E-state index in [2.05, 4.69) is 12.1 Å². The van der Waals surface area contributed by atoms with Crippen molar-refractivity contribution < 1.29 is 13.2 Å². The highest BCUT2D eigenvalue weighted by atomic mass is 32.2. The van der Waals surface area contributed by atoms with Gasteiger partial charge in [0.15, 0.2) is 0 Å². The molecule has 0 N–H and O–H groups in total. The summed E-state index contributed by atoms with van der Waals surface area (Å²) in [5.74, 6) is 0.125. The molecule has 2 fully saturated rings. The molecule has 2 heterocycles. The first-order valence-electron chi connectivity index (χ1n) is 11.0. The van der Waals surface area contributed by atoms with Gasteiger partial charge >= 0.3 is 0 Å². The predicted molar refractivity (Wildman–Crippen MR) is 118 cm³/mol. The largest absolute Gasteiger partial charge is 0.339 e. The second-order valence-corrected chi connectivity index (χ2v) is 10.3. The van der Waals surface area contributed by atoms with Crippen LogP contribution in [0.15, 0.2) is 59.5 Å². The molecule has 2 saturated heterocycles. The van der Waals surface area contributed by atoms with E-state index in [4.69, 9.17) is 0 Å². The van der Waals surface area contributed by atoms with E-state index in [1.807, 2.05) is 23.1 Å². The maximum Gasteiger partial charge on any atom is 0.243 e. The molecule has 1 unspecified atom stereocenters. The lowest BCUT2D eigenvalue weighted by molar-refractivity contribution is -0.131. The Labute approximate surface area is 179 Å². The molecule has 6 heteroatoms. The third-order valence-corrected chi connectivity index (χ3v) is 8.16. The van der Waals surface area contributed by atoms with E-state index in [0.29, 0.717) is 24.4 Å². The van der Waals surface area contributed by atoms with Gasteiger partial charge in [0.2, 0.25) is 15.9 Å². The van der Waals surface area contributed by atoms with Gasteiger partial charge in [-0.2, -0.15) is 4.31 Å². The van der Waals surface area contributed by atoms with Crippen molar-refractivity contribution in [1.82, 2.24) is 9.21 Å². The van der Waals surface area contributed by atoms with Gasteiger partial charge in [-0.05, 0) is 55.4 Å². The van der Waals surface area contributed by atoms with Gasteiger partial charge in [0, 0.05) is 25.7 Å². The van der Waals surface area contributed by atoms with Gasteiger partial charge < -0.3 is 4.90 Å². The predicted octanol–water partition coefficient (Wildman–Crippen LogP) is 3.64. The van der Waals surface area contributed by atoms with E-state index in [-0.39, 0.29) is 11.9 Å². The number of carbonyl (C=O) groups is 1. The first-order chi connectivity index (χ1) is 14.5. The molecule has 2 aromatic rings. The van der Waals surface area contributed by atoms with Crippen LogP contribution >= 0.6 is 0 Å². The number of hydrogen-bond donors (Lipinski definition) is 0. The van der Waals surface area contributed by atoms with Crippen LogP contribution in [0.2, 0.25) is 0 Å². The van der Waals surface area contributed by atoms with Gasteiger partial charge in [0.1, 0.15) is 0 Å². The highest BCUT2D eigenvalue weighted by molar-refractivity contribution is 7.89. The molecule has 0 bridgehead atoms. The average Bonchev–Trinajstić information content (AvgIpc) is 3.24. The van der Waals surface area contributed by atoms with Crippen LogP contribution in [0.4, 0.5) is 0 Å². The Morgan fingerprint density at radius 1 is 0.833 bits per heavy atom. The maximum absolute atomic E-state index is 12.9. The molecule has 2 aliphatic heterocycles. The summed E-state index contributed by atoms with van der Waals surface area (Å²) in [5, 5.41) is 0. The SMILES string of the molecule is O=C(Cc1ccc(S(=O)(=O)N2CCCCC2)cc1)N1CCCC1Cc1ccccc1. The lowest BCUT2D eigenvalue weighted by atomic mass is 10.0. The average molecular weight is 427 g/mol. The quantitative estimate of drug-likeness (QED) is 0.709. The molecular formula is C24H30N2O3S. The zero-order chi connectivity index (χ0) is 21.0. The van der Waals surface area contributed by atoms with Crippen molar-refractivity contribution in [1.29, 1.82) is 0 Å². The van der Waals surface area contributed by atoms with Crippen LogP contribution in [0.5, 0.6) is 0 Å². The van der Waals surface area contributed by atoms with E-state index in [1.165, 1.54) is 5.56 Å². The molecule has 5 nitrogen and oxygen atoms in total. The van der Waals surface area contributed by atoms with Crippen LogP contribution in [0.25, 0.3) is 0 Å². The molecule has 2 aromatic carbocycles. The van der Waals surface area contributed by atoms with Gasteiger partial charge in [-0.1, -0.05) is 48.9 Å². The zero-order valence-corrected chi connectivity index (χ0v) is 18.2. The van der Waals surface area contributed by atoms with Crippen molar-refractivity contribution in [2.24, 2.45) is 0 Å². The van der Waals surface area contributed by atoms with Crippen LogP contribution in [-0.2, 0) is 27.7 Å². The minimum Gasteiger partial charge on any atom is -0.339 e. The number of carbonyl (C=O) groups excluding carboxylic acids is 1. The standard InChI is InChI=1S/C24H30N2O3S/c27-24(26-17-7-10-22(26)18-20-8-3-1-4-9-20)19-21-11-13-23(14-12-21)30(28,29)25-15-5-2-6-16-25/h1,3-4,8-9,11-14,22H,2,5-7,10,15-19H2. The van der Waals surface area contributed by atoms with Crippen LogP contribution in [0.3, 0.4) is 0 Å². The van der Waals surface area contributed by atoms with Gasteiger partial charge in [-0.15, -0.1) is 0 Å². The molecule has 0 saturated carbocycles. The first kappa shape index (κ1) is 21.1. The van der Waals surface area contributed by atoms with Crippen molar-refractivity contribution >= 4 is 15.9 Å². The summed E-state index contributed by atoms with van der Waals surface area (Å²) in [6.07, 6.45) is 6.21. The number of nitrogens with zero attached hydrogens (tertiary/aromatic N) is 2. The van der Waals surface area contributed by atoms with Gasteiger partial charge in [-0.25, -0.2) is 8.42 Å². The summed E-state index contributed by atoms with van der Waals surface area (Å²) in [7, 11) is -3.43. The Balaban J connectivity index is 1.39. The highest BCUT2D eigenvalue weighted by Gasteiger charge is 2.29. The molecule has 0 radical (unpaired) electrons. The zero-order valence-electron chi connectivity index (χ0n) is 17.4. The van der Waals surface area contributed by atoms with Crippen LogP contribution in [0.1, 0.15) is 43.2 Å². The molecule has 0 aromatic heterocycles. The fourth-order valence-electron chi connectivity index (χ4n) is 4.57. The van der Waals surface area contributed by atoms with Crippen molar-refractivity contribution in [2.45, 2.75) is 55.9 Å². The van der Waals surface area contributed by atoms with Gasteiger partial charge in [-0.3, -0.25) is 4.79 Å². The molecule has 0 spiro atoms. The number of piperidine rings is 1. The molecular weight excluding hydrogens is 396 g/mol. The molecule has 0 aliphatic carbocycles. The third kappa shape index (κ3) is 4.76. The summed E-state index contributed by atoms with van der Waals surface area (Å²) >= 11 is 0. The minimum atomic E-state index is -3.43. The van der Waals surface area contributed by atoms with Crippen LogP contribution in [-0.4, -0.2) is 49.2 Å². The number of amides is 1. The van der Waals surface area contributed by atoms with Gasteiger partial charge in [0.25, 0.3) is 0 Å². The summed E-state index contributed by atoms with van der Waals surface area (Å²) in [6.45, 7) is 2.00. The lowest BCUT2D eigenvalue weighted by Gasteiger charge is -2.26. The van der Waals surface area contributed by atoms with Crippen molar-refractivity contribution in [3.05, 3.63) is 65.7 Å². The first-order valence-corrected chi connectivity index (χ1v) is 12.4. The number of hydrogen-bond acceptors (Lipinski definition) is 3. The number of sulfonamides is 1. The van der Waals surface area contributed by atoms with E-state index in [9.17, 15) is 13.2 Å². The molecule has 4 rings (SSSR count). The Hall–Kier alpha value is -2.18. The Morgan fingerprint density at radius 3 is 2.23 bits per heavy atom. The van der Waals surface area contributed by atoms with Crippen molar-refractivity contribution in [3.8, 4) is 0 Å².